The van der Waals surface area contributed by atoms with Crippen molar-refractivity contribution in [2.75, 3.05) is 0 Å². The van der Waals surface area contributed by atoms with Crippen LogP contribution in [0.4, 0.5) is 0 Å². The molecule has 2 N–H and O–H groups in total. The van der Waals surface area contributed by atoms with E-state index < -0.39 is 17.9 Å². The molecule has 5 heteroatoms. The van der Waals surface area contributed by atoms with Gasteiger partial charge in [0.15, 0.2) is 0 Å². The Labute approximate surface area is 89.2 Å². The Morgan fingerprint density at radius 1 is 1.36 bits per heavy atom. The number of aliphatic carboxylic acids is 2. The predicted molar refractivity (Wildman–Crippen MR) is 33.6 cm³/mol. The maximum Gasteiger partial charge on any atom is 0.331 e. The fraction of sp³-hybridized carbons (Fsp3) is 0.333. The van der Waals surface area contributed by atoms with Crippen molar-refractivity contribution in [1.82, 2.24) is 0 Å². The summed E-state index contributed by atoms with van der Waals surface area (Å²) in [5.74, 6) is -3.46. The van der Waals surface area contributed by atoms with E-state index in [4.69, 9.17) is 10.2 Å². The van der Waals surface area contributed by atoms with Gasteiger partial charge in [0.05, 0.1) is 5.92 Å². The molecule has 59 valence electrons. The Bertz CT molecular complexity index is 187. The number of hydrogen-bond donors (Lipinski definition) is 2. The van der Waals surface area contributed by atoms with Crippen molar-refractivity contribution in [2.45, 2.75) is 6.92 Å². The molecule has 0 aliphatic carbocycles. The van der Waals surface area contributed by atoms with Crippen molar-refractivity contribution in [3.8, 4) is 0 Å². The second-order valence-corrected chi connectivity index (χ2v) is 1.89. The van der Waals surface area contributed by atoms with Crippen LogP contribution in [0, 0.1) is 5.92 Å². The third-order valence-electron chi connectivity index (χ3n) is 1.17. The fourth-order valence-corrected chi connectivity index (χ4v) is 0.334. The van der Waals surface area contributed by atoms with Crippen LogP contribution >= 0.6 is 0 Å². The molecule has 0 spiro atoms. The van der Waals surface area contributed by atoms with Crippen LogP contribution < -0.4 is 0 Å². The van der Waals surface area contributed by atoms with Crippen LogP contribution in [0.25, 0.3) is 0 Å². The second-order valence-electron chi connectivity index (χ2n) is 1.89. The van der Waals surface area contributed by atoms with Gasteiger partial charge < -0.3 is 10.2 Å². The Balaban J connectivity index is 0. The van der Waals surface area contributed by atoms with Crippen molar-refractivity contribution in [2.24, 2.45) is 5.92 Å². The third-order valence-corrected chi connectivity index (χ3v) is 1.17. The van der Waals surface area contributed by atoms with Crippen molar-refractivity contribution in [1.29, 1.82) is 0 Å². The average Bonchev–Trinajstić information content (AvgIpc) is 1.84. The van der Waals surface area contributed by atoms with Crippen LogP contribution in [0.1, 0.15) is 6.92 Å². The number of carboxylic acids is 2. The molecule has 0 bridgehead atoms. The Hall–Kier alpha value is -0.216. The molecule has 0 aliphatic rings. The first kappa shape index (κ1) is 13.4. The summed E-state index contributed by atoms with van der Waals surface area (Å²) in [6.07, 6.45) is 0. The topological polar surface area (TPSA) is 74.6 Å². The smallest absolute Gasteiger partial charge is 0.331 e. The molecule has 4 nitrogen and oxygen atoms in total. The van der Waals surface area contributed by atoms with Crippen LogP contribution in [0.3, 0.4) is 0 Å². The van der Waals surface area contributed by atoms with Gasteiger partial charge in [0.1, 0.15) is 0 Å². The Morgan fingerprint density at radius 2 is 1.73 bits per heavy atom. The summed E-state index contributed by atoms with van der Waals surface area (Å²) in [5.41, 5.74) is -0.299. The van der Waals surface area contributed by atoms with E-state index in [1.54, 1.807) is 0 Å². The van der Waals surface area contributed by atoms with E-state index in [2.05, 4.69) is 6.58 Å². The zero-order valence-electron chi connectivity index (χ0n) is 6.07. The van der Waals surface area contributed by atoms with E-state index in [-0.39, 0.29) is 38.3 Å². The Kier molecular flexibility index (Phi) is 6.61. The molecule has 1 atom stereocenters. The summed E-state index contributed by atoms with van der Waals surface area (Å²) in [4.78, 5) is 20.2. The van der Waals surface area contributed by atoms with Gasteiger partial charge in [-0.25, -0.2) is 4.79 Å². The van der Waals surface area contributed by atoms with Crippen LogP contribution in [-0.2, 0) is 42.3 Å². The number of rotatable bonds is 3. The zero-order valence-corrected chi connectivity index (χ0v) is 8.91. The van der Waals surface area contributed by atoms with Crippen LogP contribution in [-0.4, -0.2) is 22.2 Å². The molecule has 11 heavy (non-hydrogen) atoms. The van der Waals surface area contributed by atoms with E-state index >= 15 is 0 Å². The standard InChI is InChI=1S/C6H8O4.Y/c1-3(5(7)8)4(2)6(9)10;/h4H,1H2,2H3,(H,7,8)(H,9,10);. The monoisotopic (exact) mass is 233 g/mol. The third kappa shape index (κ3) is 4.27. The van der Waals surface area contributed by atoms with Crippen LogP contribution in [0.2, 0.25) is 0 Å². The number of hydrogen-bond acceptors (Lipinski definition) is 2. The van der Waals surface area contributed by atoms with Crippen LogP contribution in [0.15, 0.2) is 12.2 Å². The van der Waals surface area contributed by atoms with Gasteiger partial charge in [-0.3, -0.25) is 4.79 Å². The zero-order chi connectivity index (χ0) is 8.31. The van der Waals surface area contributed by atoms with Crippen molar-refractivity contribution in [3.63, 3.8) is 0 Å². The van der Waals surface area contributed by atoms with Gasteiger partial charge in [-0.2, -0.15) is 0 Å². The molecule has 0 aromatic rings. The Morgan fingerprint density at radius 3 is 1.82 bits per heavy atom. The van der Waals surface area contributed by atoms with Gasteiger partial charge in [0, 0.05) is 38.3 Å². The average molecular weight is 233 g/mol. The molecule has 0 saturated heterocycles. The SMILES string of the molecule is C=C(C(=O)O)C(C)C(=O)O.[Y]. The molecule has 0 rings (SSSR count). The second kappa shape index (κ2) is 5.44. The first-order valence-corrected chi connectivity index (χ1v) is 2.61. The van der Waals surface area contributed by atoms with Gasteiger partial charge in [-0.15, -0.1) is 0 Å². The summed E-state index contributed by atoms with van der Waals surface area (Å²) in [5, 5.41) is 16.5. The largest absolute Gasteiger partial charge is 0.481 e. The van der Waals surface area contributed by atoms with E-state index in [1.807, 2.05) is 0 Å². The molecule has 0 aliphatic heterocycles. The molecule has 0 aromatic heterocycles. The summed E-state index contributed by atoms with van der Waals surface area (Å²) in [6, 6.07) is 0. The molecule has 0 amide bonds. The molecule has 0 heterocycles. The summed E-state index contributed by atoms with van der Waals surface area (Å²) in [7, 11) is 0. The molecule has 0 saturated carbocycles. The first-order valence-electron chi connectivity index (χ1n) is 2.61. The van der Waals surface area contributed by atoms with Crippen molar-refractivity contribution < 1.29 is 52.5 Å². The maximum absolute atomic E-state index is 10.1. The maximum atomic E-state index is 10.1. The quantitative estimate of drug-likeness (QED) is 0.689. The van der Waals surface area contributed by atoms with Crippen molar-refractivity contribution >= 4 is 11.9 Å². The first-order chi connectivity index (χ1) is 4.46. The van der Waals surface area contributed by atoms with Gasteiger partial charge in [0.25, 0.3) is 0 Å². The van der Waals surface area contributed by atoms with E-state index in [9.17, 15) is 9.59 Å². The predicted octanol–water partition coefficient (Wildman–Crippen LogP) is 0.345. The fourth-order valence-electron chi connectivity index (χ4n) is 0.334. The van der Waals surface area contributed by atoms with Crippen LogP contribution in [0.5, 0.6) is 0 Å². The molecule has 0 aromatic carbocycles. The molecule has 0 fully saturated rings. The summed E-state index contributed by atoms with van der Waals surface area (Å²) < 4.78 is 0. The van der Waals surface area contributed by atoms with Gasteiger partial charge in [-0.05, 0) is 6.92 Å². The van der Waals surface area contributed by atoms with Gasteiger partial charge in [-0.1, -0.05) is 6.58 Å². The molecular formula is C6H8O4Y. The van der Waals surface area contributed by atoms with E-state index in [0.29, 0.717) is 0 Å². The minimum Gasteiger partial charge on any atom is -0.481 e. The van der Waals surface area contributed by atoms with Crippen molar-refractivity contribution in [3.05, 3.63) is 12.2 Å². The number of carboxylic acid groups (broad SMARTS) is 2. The van der Waals surface area contributed by atoms with E-state index in [1.165, 1.54) is 6.92 Å². The molecule has 1 radical (unpaired) electrons. The minimum atomic E-state index is -1.27. The van der Waals surface area contributed by atoms with E-state index in [0.717, 1.165) is 0 Å². The summed E-state index contributed by atoms with van der Waals surface area (Å²) >= 11 is 0. The normalized spacial score (nSPS) is 11.0. The van der Waals surface area contributed by atoms with Gasteiger partial charge >= 0.3 is 11.9 Å². The number of carbonyl (C=O) groups is 2. The minimum absolute atomic E-state index is 0. The molecular weight excluding hydrogens is 225 g/mol. The molecule has 1 unspecified atom stereocenters. The van der Waals surface area contributed by atoms with Gasteiger partial charge in [0.2, 0.25) is 0 Å². The summed E-state index contributed by atoms with van der Waals surface area (Å²) in [6.45, 7) is 4.37.